The van der Waals surface area contributed by atoms with Gasteiger partial charge >= 0.3 is 5.69 Å². The van der Waals surface area contributed by atoms with Gasteiger partial charge in [-0.1, -0.05) is 17.7 Å². The molecule has 104 valence electrons. The van der Waals surface area contributed by atoms with Crippen LogP contribution in [0.25, 0.3) is 0 Å². The number of nitro groups is 1. The number of aromatic nitrogens is 1. The molecule has 2 aromatic rings. The van der Waals surface area contributed by atoms with Crippen LogP contribution in [0.5, 0.6) is 5.75 Å². The number of nitro benzene ring substituents is 1. The van der Waals surface area contributed by atoms with Crippen LogP contribution in [0.1, 0.15) is 16.7 Å². The predicted molar refractivity (Wildman–Crippen MR) is 76.1 cm³/mol. The minimum absolute atomic E-state index is 0.0253. The third-order valence-corrected chi connectivity index (χ3v) is 2.98. The van der Waals surface area contributed by atoms with Crippen molar-refractivity contribution < 1.29 is 9.66 Å². The second-order valence-electron chi connectivity index (χ2n) is 4.46. The van der Waals surface area contributed by atoms with Crippen LogP contribution in [0.3, 0.4) is 0 Å². The maximum atomic E-state index is 11.1. The Morgan fingerprint density at radius 1 is 1.35 bits per heavy atom. The smallest absolute Gasteiger partial charge is 0.311 e. The predicted octanol–water partition coefficient (Wildman–Crippen LogP) is 3.84. The van der Waals surface area contributed by atoms with E-state index in [-0.39, 0.29) is 18.0 Å². The molecule has 0 radical (unpaired) electrons. The highest BCUT2D eigenvalue weighted by molar-refractivity contribution is 6.29. The number of ether oxygens (including phenoxy) is 1. The number of rotatable bonds is 4. The molecule has 0 bridgehead atoms. The molecule has 0 saturated heterocycles. The Hall–Kier alpha value is -2.14. The van der Waals surface area contributed by atoms with Gasteiger partial charge in [0.1, 0.15) is 11.8 Å². The first-order valence-electron chi connectivity index (χ1n) is 5.96. The lowest BCUT2D eigenvalue weighted by molar-refractivity contribution is -0.386. The molecular weight excluding hydrogens is 280 g/mol. The van der Waals surface area contributed by atoms with Crippen LogP contribution < -0.4 is 4.74 Å². The van der Waals surface area contributed by atoms with Gasteiger partial charge in [0, 0.05) is 12.3 Å². The second-order valence-corrected chi connectivity index (χ2v) is 4.85. The summed E-state index contributed by atoms with van der Waals surface area (Å²) in [5.74, 6) is 0.286. The van der Waals surface area contributed by atoms with Crippen LogP contribution in [0.4, 0.5) is 5.69 Å². The van der Waals surface area contributed by atoms with Crippen LogP contribution in [0.15, 0.2) is 30.5 Å². The van der Waals surface area contributed by atoms with Gasteiger partial charge in [-0.15, -0.1) is 0 Å². The van der Waals surface area contributed by atoms with Gasteiger partial charge in [-0.05, 0) is 42.7 Å². The van der Waals surface area contributed by atoms with Crippen molar-refractivity contribution in [3.8, 4) is 5.75 Å². The Morgan fingerprint density at radius 2 is 2.10 bits per heavy atom. The van der Waals surface area contributed by atoms with E-state index in [4.69, 9.17) is 16.3 Å². The van der Waals surface area contributed by atoms with E-state index in [1.165, 1.54) is 6.07 Å². The van der Waals surface area contributed by atoms with E-state index in [1.54, 1.807) is 25.3 Å². The molecule has 0 atom stereocenters. The molecule has 0 unspecified atom stereocenters. The minimum Gasteiger partial charge on any atom is -0.482 e. The van der Waals surface area contributed by atoms with Crippen molar-refractivity contribution in [3.63, 3.8) is 0 Å². The monoisotopic (exact) mass is 292 g/mol. The van der Waals surface area contributed by atoms with Crippen molar-refractivity contribution in [2.45, 2.75) is 20.5 Å². The van der Waals surface area contributed by atoms with Gasteiger partial charge in [-0.3, -0.25) is 10.1 Å². The van der Waals surface area contributed by atoms with Crippen molar-refractivity contribution >= 4 is 17.3 Å². The van der Waals surface area contributed by atoms with Gasteiger partial charge in [0.25, 0.3) is 0 Å². The molecular formula is C14H13ClN2O3. The van der Waals surface area contributed by atoms with Crippen molar-refractivity contribution in [3.05, 3.63) is 62.4 Å². The number of hydrogen-bond acceptors (Lipinski definition) is 4. The van der Waals surface area contributed by atoms with Crippen molar-refractivity contribution in [2.75, 3.05) is 0 Å². The molecule has 0 aliphatic heterocycles. The van der Waals surface area contributed by atoms with E-state index in [0.29, 0.717) is 5.15 Å². The van der Waals surface area contributed by atoms with Crippen LogP contribution in [0, 0.1) is 24.0 Å². The van der Waals surface area contributed by atoms with E-state index in [1.807, 2.05) is 13.0 Å². The van der Waals surface area contributed by atoms with Gasteiger partial charge in [0.2, 0.25) is 0 Å². The summed E-state index contributed by atoms with van der Waals surface area (Å²) in [6.07, 6.45) is 1.57. The number of pyridine rings is 1. The largest absolute Gasteiger partial charge is 0.482 e. The van der Waals surface area contributed by atoms with Crippen molar-refractivity contribution in [1.29, 1.82) is 0 Å². The summed E-state index contributed by atoms with van der Waals surface area (Å²) >= 11 is 5.79. The summed E-state index contributed by atoms with van der Waals surface area (Å²) in [5, 5.41) is 11.4. The molecule has 0 aliphatic rings. The average molecular weight is 293 g/mol. The van der Waals surface area contributed by atoms with Crippen molar-refractivity contribution in [1.82, 2.24) is 4.98 Å². The lowest BCUT2D eigenvalue weighted by atomic mass is 10.1. The van der Waals surface area contributed by atoms with Crippen molar-refractivity contribution in [2.24, 2.45) is 0 Å². The number of benzene rings is 1. The topological polar surface area (TPSA) is 65.3 Å². The van der Waals surface area contributed by atoms with Gasteiger partial charge in [-0.2, -0.15) is 0 Å². The standard InChI is InChI=1S/C14H13ClN2O3/c1-9-5-10(2)14(12(6-9)17(18)19)20-8-11-3-4-16-13(15)7-11/h3-7H,8H2,1-2H3. The van der Waals surface area contributed by atoms with Gasteiger partial charge in [0.15, 0.2) is 5.75 Å². The molecule has 0 fully saturated rings. The molecule has 6 heteroatoms. The Kier molecular flexibility index (Phi) is 4.20. The Balaban J connectivity index is 2.27. The Morgan fingerprint density at radius 3 is 2.75 bits per heavy atom. The lowest BCUT2D eigenvalue weighted by Crippen LogP contribution is -2.01. The highest BCUT2D eigenvalue weighted by Gasteiger charge is 2.18. The first-order chi connectivity index (χ1) is 9.47. The first-order valence-corrected chi connectivity index (χ1v) is 6.34. The zero-order chi connectivity index (χ0) is 14.7. The molecule has 5 nitrogen and oxygen atoms in total. The summed E-state index contributed by atoms with van der Waals surface area (Å²) in [6, 6.07) is 6.77. The Bertz CT molecular complexity index is 659. The van der Waals surface area contributed by atoms with Gasteiger partial charge in [0.05, 0.1) is 4.92 Å². The summed E-state index contributed by atoms with van der Waals surface area (Å²) in [5.41, 5.74) is 2.34. The van der Waals surface area contributed by atoms with E-state index in [2.05, 4.69) is 4.98 Å². The molecule has 1 heterocycles. The van der Waals surface area contributed by atoms with Crippen LogP contribution in [0.2, 0.25) is 5.15 Å². The first kappa shape index (κ1) is 14.3. The molecule has 1 aromatic carbocycles. The number of nitrogens with zero attached hydrogens (tertiary/aromatic N) is 2. The van der Waals surface area contributed by atoms with Gasteiger partial charge < -0.3 is 4.74 Å². The molecule has 0 amide bonds. The maximum absolute atomic E-state index is 11.1. The Labute approximate surface area is 121 Å². The van der Waals surface area contributed by atoms with E-state index in [0.717, 1.165) is 16.7 Å². The fourth-order valence-electron chi connectivity index (χ4n) is 1.94. The molecule has 2 rings (SSSR count). The number of halogens is 1. The third kappa shape index (κ3) is 3.24. The molecule has 0 N–H and O–H groups in total. The SMILES string of the molecule is Cc1cc(C)c(OCc2ccnc(Cl)c2)c([N+](=O)[O-])c1. The van der Waals surface area contributed by atoms with E-state index >= 15 is 0 Å². The molecule has 0 spiro atoms. The van der Waals surface area contributed by atoms with Crippen LogP contribution in [-0.2, 0) is 6.61 Å². The minimum atomic E-state index is -0.436. The molecule has 0 saturated carbocycles. The quantitative estimate of drug-likeness (QED) is 0.488. The van der Waals surface area contributed by atoms with E-state index < -0.39 is 4.92 Å². The third-order valence-electron chi connectivity index (χ3n) is 2.77. The molecule has 0 aliphatic carbocycles. The normalized spacial score (nSPS) is 10.3. The summed E-state index contributed by atoms with van der Waals surface area (Å²) in [6.45, 7) is 3.80. The van der Waals surface area contributed by atoms with Crippen LogP contribution in [-0.4, -0.2) is 9.91 Å². The van der Waals surface area contributed by atoms with E-state index in [9.17, 15) is 10.1 Å². The number of hydrogen-bond donors (Lipinski definition) is 0. The summed E-state index contributed by atoms with van der Waals surface area (Å²) < 4.78 is 5.60. The zero-order valence-electron chi connectivity index (χ0n) is 11.1. The number of aryl methyl sites for hydroxylation is 2. The fraction of sp³-hybridized carbons (Fsp3) is 0.214. The van der Waals surface area contributed by atoms with Gasteiger partial charge in [-0.25, -0.2) is 4.98 Å². The highest BCUT2D eigenvalue weighted by atomic mass is 35.5. The zero-order valence-corrected chi connectivity index (χ0v) is 11.8. The molecule has 1 aromatic heterocycles. The second kappa shape index (κ2) is 5.88. The summed E-state index contributed by atoms with van der Waals surface area (Å²) in [7, 11) is 0. The van der Waals surface area contributed by atoms with Crippen LogP contribution >= 0.6 is 11.6 Å². The summed E-state index contributed by atoms with van der Waals surface area (Å²) in [4.78, 5) is 14.5. The maximum Gasteiger partial charge on any atom is 0.311 e. The average Bonchev–Trinajstić information content (AvgIpc) is 2.36. The lowest BCUT2D eigenvalue weighted by Gasteiger charge is -2.10. The molecule has 20 heavy (non-hydrogen) atoms. The highest BCUT2D eigenvalue weighted by Crippen LogP contribution is 2.32. The fourth-order valence-corrected chi connectivity index (χ4v) is 2.14.